The third-order valence-corrected chi connectivity index (χ3v) is 4.94. The Labute approximate surface area is 112 Å². The van der Waals surface area contributed by atoms with Gasteiger partial charge in [0.15, 0.2) is 0 Å². The predicted molar refractivity (Wildman–Crippen MR) is 67.9 cm³/mol. The molecule has 1 saturated heterocycles. The number of β-lactam (4-membered cyclic amide) rings is 1. The lowest BCUT2D eigenvalue weighted by molar-refractivity contribution is -0.137. The fourth-order valence-electron chi connectivity index (χ4n) is 1.74. The molecular weight excluding hydrogens is 330 g/mol. The molecule has 1 aromatic carbocycles. The molecule has 1 aliphatic heterocycles. The number of benzene rings is 1. The summed E-state index contributed by atoms with van der Waals surface area (Å²) in [6, 6.07) is 4.98. The van der Waals surface area contributed by atoms with Crippen LogP contribution in [0.25, 0.3) is 0 Å². The second-order valence-corrected chi connectivity index (χ2v) is 7.10. The molecule has 0 N–H and O–H groups in total. The number of hydrogen-bond donors (Lipinski definition) is 0. The Bertz CT molecular complexity index is 587. The van der Waals surface area contributed by atoms with Crippen molar-refractivity contribution < 1.29 is 13.2 Å². The van der Waals surface area contributed by atoms with Gasteiger partial charge in [0.1, 0.15) is 0 Å². The Morgan fingerprint density at radius 1 is 1.47 bits per heavy atom. The van der Waals surface area contributed by atoms with Gasteiger partial charge in [0.25, 0.3) is 0 Å². The van der Waals surface area contributed by atoms with Gasteiger partial charge in [-0.25, -0.2) is 4.31 Å². The summed E-state index contributed by atoms with van der Waals surface area (Å²) >= 11 is 3.37. The van der Waals surface area contributed by atoms with E-state index in [2.05, 4.69) is 15.9 Å². The molecule has 1 fully saturated rings. The molecule has 0 bridgehead atoms. The summed E-state index contributed by atoms with van der Waals surface area (Å²) in [6.45, 7) is 1.93. The molecule has 2 rings (SSSR count). The molecule has 1 heterocycles. The molecule has 1 aliphatic rings. The largest absolute Gasteiger partial charge is 0.324 e. The summed E-state index contributed by atoms with van der Waals surface area (Å²) in [6.07, 6.45) is 0.168. The van der Waals surface area contributed by atoms with Gasteiger partial charge < -0.3 is 0 Å². The van der Waals surface area contributed by atoms with E-state index >= 15 is 0 Å². The molecule has 1 atom stereocenters. The summed E-state index contributed by atoms with van der Waals surface area (Å²) < 4.78 is 24.0. The van der Waals surface area contributed by atoms with Crippen LogP contribution in [0.3, 0.4) is 0 Å². The minimum atomic E-state index is -3.99. The molecule has 4 nitrogen and oxygen atoms in total. The maximum atomic E-state index is 11.3. The minimum Gasteiger partial charge on any atom is -0.274 e. The molecule has 1 aromatic rings. The van der Waals surface area contributed by atoms with Gasteiger partial charge in [-0.3, -0.25) is 4.79 Å². The second kappa shape index (κ2) is 4.26. The van der Waals surface area contributed by atoms with Crippen molar-refractivity contribution in [2.24, 2.45) is 0 Å². The number of nitrogens with zero attached hydrogens (tertiary/aromatic N) is 1. The van der Waals surface area contributed by atoms with Gasteiger partial charge in [0, 0.05) is 15.2 Å². The lowest BCUT2D eigenvalue weighted by atomic mass is 9.96. The molecule has 0 aromatic heterocycles. The van der Waals surface area contributed by atoms with E-state index < -0.39 is 21.2 Å². The monoisotopic (exact) mass is 337 g/mol. The van der Waals surface area contributed by atoms with Crippen LogP contribution in [0.5, 0.6) is 0 Å². The van der Waals surface area contributed by atoms with Crippen LogP contribution in [0, 0.1) is 6.92 Å². The predicted octanol–water partition coefficient (Wildman–Crippen LogP) is 2.51. The summed E-state index contributed by atoms with van der Waals surface area (Å²) in [5.74, 6) is -0.471. The summed E-state index contributed by atoms with van der Waals surface area (Å²) in [5.41, 5.74) is 1.80. The van der Waals surface area contributed by atoms with Gasteiger partial charge in [0.05, 0.1) is 12.5 Å². The average molecular weight is 339 g/mol. The van der Waals surface area contributed by atoms with E-state index in [0.717, 1.165) is 15.6 Å². The van der Waals surface area contributed by atoms with Crippen LogP contribution in [-0.4, -0.2) is 18.6 Å². The lowest BCUT2D eigenvalue weighted by Crippen LogP contribution is -2.47. The molecule has 0 radical (unpaired) electrons. The van der Waals surface area contributed by atoms with Crippen molar-refractivity contribution in [1.82, 2.24) is 4.31 Å². The van der Waals surface area contributed by atoms with Crippen LogP contribution in [0.1, 0.15) is 23.6 Å². The Balaban J connectivity index is 2.36. The zero-order chi connectivity index (χ0) is 12.8. The van der Waals surface area contributed by atoms with Crippen molar-refractivity contribution in [3.05, 3.63) is 33.8 Å². The van der Waals surface area contributed by atoms with Gasteiger partial charge in [-0.1, -0.05) is 28.1 Å². The van der Waals surface area contributed by atoms with E-state index in [1.165, 1.54) is 0 Å². The van der Waals surface area contributed by atoms with Crippen LogP contribution in [0.15, 0.2) is 22.7 Å². The number of amides is 1. The van der Waals surface area contributed by atoms with Crippen LogP contribution < -0.4 is 0 Å². The van der Waals surface area contributed by atoms with Gasteiger partial charge in [-0.2, -0.15) is 8.42 Å². The molecule has 0 spiro atoms. The number of carbonyl (C=O) groups excluding carboxylic acids is 1. The SMILES string of the molecule is Cc1ccc(C2CC(=O)N2S(=O)(=O)Cl)cc1Br. The van der Waals surface area contributed by atoms with E-state index in [0.29, 0.717) is 4.31 Å². The van der Waals surface area contributed by atoms with Gasteiger partial charge >= 0.3 is 9.24 Å². The Hall–Kier alpha value is -0.590. The first kappa shape index (κ1) is 12.9. The molecule has 17 heavy (non-hydrogen) atoms. The molecule has 0 aliphatic carbocycles. The Morgan fingerprint density at radius 2 is 2.12 bits per heavy atom. The van der Waals surface area contributed by atoms with E-state index in [4.69, 9.17) is 10.7 Å². The lowest BCUT2D eigenvalue weighted by Gasteiger charge is -2.37. The summed E-state index contributed by atoms with van der Waals surface area (Å²) in [5, 5.41) is 0. The van der Waals surface area contributed by atoms with E-state index in [9.17, 15) is 13.2 Å². The van der Waals surface area contributed by atoms with Crippen LogP contribution in [0.2, 0.25) is 0 Å². The first-order valence-corrected chi connectivity index (χ1v) is 7.89. The Morgan fingerprint density at radius 3 is 2.59 bits per heavy atom. The second-order valence-electron chi connectivity index (χ2n) is 3.86. The first-order chi connectivity index (χ1) is 7.80. The number of rotatable bonds is 2. The van der Waals surface area contributed by atoms with Gasteiger partial charge in [-0.15, -0.1) is 0 Å². The number of carbonyl (C=O) groups is 1. The smallest absolute Gasteiger partial charge is 0.274 e. The molecule has 1 amide bonds. The Kier molecular flexibility index (Phi) is 3.22. The van der Waals surface area contributed by atoms with Crippen molar-refractivity contribution in [2.75, 3.05) is 0 Å². The fraction of sp³-hybridized carbons (Fsp3) is 0.300. The van der Waals surface area contributed by atoms with Crippen LogP contribution in [-0.2, 0) is 14.0 Å². The maximum Gasteiger partial charge on any atom is 0.324 e. The van der Waals surface area contributed by atoms with Crippen molar-refractivity contribution in [3.63, 3.8) is 0 Å². The number of aryl methyl sites for hydroxylation is 1. The molecule has 92 valence electrons. The fourth-order valence-corrected chi connectivity index (χ4v) is 3.48. The zero-order valence-electron chi connectivity index (χ0n) is 8.85. The highest BCUT2D eigenvalue weighted by Crippen LogP contribution is 2.39. The van der Waals surface area contributed by atoms with Crippen LogP contribution >= 0.6 is 26.6 Å². The highest BCUT2D eigenvalue weighted by Gasteiger charge is 2.44. The van der Waals surface area contributed by atoms with Crippen molar-refractivity contribution >= 4 is 41.8 Å². The van der Waals surface area contributed by atoms with Gasteiger partial charge in [0.2, 0.25) is 5.91 Å². The normalized spacial score (nSPS) is 20.3. The van der Waals surface area contributed by atoms with Gasteiger partial charge in [-0.05, 0) is 24.1 Å². The average Bonchev–Trinajstić information content (AvgIpc) is 2.16. The van der Waals surface area contributed by atoms with E-state index in [1.807, 2.05) is 19.1 Å². The molecular formula is C10H9BrClNO3S. The molecule has 7 heteroatoms. The molecule has 1 unspecified atom stereocenters. The van der Waals surface area contributed by atoms with E-state index in [1.54, 1.807) is 6.07 Å². The topological polar surface area (TPSA) is 54.5 Å². The number of halogens is 2. The van der Waals surface area contributed by atoms with Crippen molar-refractivity contribution in [2.45, 2.75) is 19.4 Å². The highest BCUT2D eigenvalue weighted by molar-refractivity contribution is 9.10. The number of hydrogen-bond acceptors (Lipinski definition) is 3. The molecule has 0 saturated carbocycles. The first-order valence-electron chi connectivity index (χ1n) is 4.83. The zero-order valence-corrected chi connectivity index (χ0v) is 12.0. The van der Waals surface area contributed by atoms with Crippen molar-refractivity contribution in [1.29, 1.82) is 0 Å². The minimum absolute atomic E-state index is 0.168. The summed E-state index contributed by atoms with van der Waals surface area (Å²) in [4.78, 5) is 11.3. The van der Waals surface area contributed by atoms with Crippen LogP contribution in [0.4, 0.5) is 0 Å². The van der Waals surface area contributed by atoms with Crippen molar-refractivity contribution in [3.8, 4) is 0 Å². The quantitative estimate of drug-likeness (QED) is 0.615. The third-order valence-electron chi connectivity index (χ3n) is 2.71. The summed E-state index contributed by atoms with van der Waals surface area (Å²) in [7, 11) is 1.22. The van der Waals surface area contributed by atoms with E-state index in [-0.39, 0.29) is 6.42 Å². The highest BCUT2D eigenvalue weighted by atomic mass is 79.9. The third kappa shape index (κ3) is 2.34. The standard InChI is InChI=1S/C10H9BrClNO3S/c1-6-2-3-7(4-8(6)11)9-5-10(14)13(9)17(12,15)16/h2-4,9H,5H2,1H3. The maximum absolute atomic E-state index is 11.3.